The van der Waals surface area contributed by atoms with E-state index in [1.165, 1.54) is 11.1 Å². The van der Waals surface area contributed by atoms with Crippen LogP contribution in [0.25, 0.3) is 0 Å². The third kappa shape index (κ3) is 3.28. The minimum absolute atomic E-state index is 0.0340. The van der Waals surface area contributed by atoms with Crippen LogP contribution in [0.5, 0.6) is 0 Å². The molecule has 3 rings (SSSR count). The molecule has 0 saturated carbocycles. The number of hydrogen-bond donors (Lipinski definition) is 2. The summed E-state index contributed by atoms with van der Waals surface area (Å²) in [5, 5.41) is 2.87. The summed E-state index contributed by atoms with van der Waals surface area (Å²) in [5.41, 5.74) is 8.92. The predicted molar refractivity (Wildman–Crippen MR) is 89.3 cm³/mol. The molecule has 0 radical (unpaired) electrons. The third-order valence-corrected chi connectivity index (χ3v) is 4.47. The molecular weight excluding hydrogens is 290 g/mol. The minimum Gasteiger partial charge on any atom is -0.364 e. The van der Waals surface area contributed by atoms with Crippen molar-refractivity contribution in [2.24, 2.45) is 12.8 Å². The van der Waals surface area contributed by atoms with E-state index in [0.29, 0.717) is 17.8 Å². The molecule has 1 atom stereocenters. The number of carbonyl (C=O) groups excluding carboxylic acids is 2. The quantitative estimate of drug-likeness (QED) is 0.910. The molecule has 0 unspecified atom stereocenters. The fraction of sp³-hybridized carbons (Fsp3) is 0.333. The van der Waals surface area contributed by atoms with Gasteiger partial charge in [-0.2, -0.15) is 0 Å². The number of amides is 2. The molecular formula is C18H21N3O2. The number of aryl methyl sites for hydroxylation is 2. The molecule has 5 nitrogen and oxygen atoms in total. The van der Waals surface area contributed by atoms with Crippen LogP contribution in [0.2, 0.25) is 0 Å². The number of nitrogens with zero attached hydrogens (tertiary/aromatic N) is 1. The van der Waals surface area contributed by atoms with Gasteiger partial charge in [0.05, 0.1) is 5.69 Å². The Hall–Kier alpha value is -2.56. The topological polar surface area (TPSA) is 77.1 Å². The summed E-state index contributed by atoms with van der Waals surface area (Å²) in [7, 11) is 1.73. The van der Waals surface area contributed by atoms with Crippen LogP contribution in [0.15, 0.2) is 36.5 Å². The largest absolute Gasteiger partial charge is 0.364 e. The number of nitrogens with one attached hydrogen (secondary N) is 1. The highest BCUT2D eigenvalue weighted by Crippen LogP contribution is 2.34. The Morgan fingerprint density at radius 1 is 1.35 bits per heavy atom. The maximum absolute atomic E-state index is 12.3. The van der Waals surface area contributed by atoms with E-state index >= 15 is 0 Å². The Morgan fingerprint density at radius 3 is 2.87 bits per heavy atom. The number of primary amides is 1. The molecule has 2 amide bonds. The minimum atomic E-state index is -0.505. The van der Waals surface area contributed by atoms with Gasteiger partial charge in [-0.15, -0.1) is 0 Å². The van der Waals surface area contributed by atoms with Gasteiger partial charge < -0.3 is 15.6 Å². The van der Waals surface area contributed by atoms with Crippen molar-refractivity contribution >= 4 is 17.5 Å². The fourth-order valence-electron chi connectivity index (χ4n) is 3.38. The van der Waals surface area contributed by atoms with Crippen molar-refractivity contribution in [3.63, 3.8) is 0 Å². The molecule has 0 aliphatic heterocycles. The van der Waals surface area contributed by atoms with Crippen LogP contribution < -0.4 is 11.1 Å². The van der Waals surface area contributed by atoms with Crippen molar-refractivity contribution in [2.75, 3.05) is 5.32 Å². The number of anilines is 1. The highest BCUT2D eigenvalue weighted by atomic mass is 16.2. The molecule has 1 aliphatic carbocycles. The lowest BCUT2D eigenvalue weighted by Crippen LogP contribution is -2.18. The number of nitrogens with two attached hydrogens (primary N) is 1. The summed E-state index contributed by atoms with van der Waals surface area (Å²) in [6.07, 6.45) is 5.40. The summed E-state index contributed by atoms with van der Waals surface area (Å²) in [6.45, 7) is 0. The van der Waals surface area contributed by atoms with Crippen molar-refractivity contribution in [1.29, 1.82) is 0 Å². The van der Waals surface area contributed by atoms with Crippen LogP contribution in [0.4, 0.5) is 5.69 Å². The van der Waals surface area contributed by atoms with Gasteiger partial charge in [0.15, 0.2) is 0 Å². The number of carbonyl (C=O) groups is 2. The molecule has 0 bridgehead atoms. The molecule has 2 aromatic rings. The lowest BCUT2D eigenvalue weighted by atomic mass is 9.81. The van der Waals surface area contributed by atoms with E-state index in [-0.39, 0.29) is 11.8 Å². The van der Waals surface area contributed by atoms with Gasteiger partial charge >= 0.3 is 0 Å². The molecule has 1 aliphatic rings. The van der Waals surface area contributed by atoms with E-state index in [9.17, 15) is 9.59 Å². The molecule has 23 heavy (non-hydrogen) atoms. The molecule has 1 heterocycles. The molecule has 120 valence electrons. The van der Waals surface area contributed by atoms with E-state index in [0.717, 1.165) is 19.3 Å². The number of fused-ring (bicyclic) bond motifs is 1. The van der Waals surface area contributed by atoms with Gasteiger partial charge in [-0.25, -0.2) is 0 Å². The lowest BCUT2D eigenvalue weighted by molar-refractivity contribution is -0.116. The molecule has 0 saturated heterocycles. The van der Waals surface area contributed by atoms with Gasteiger partial charge in [0.2, 0.25) is 5.91 Å². The zero-order valence-electron chi connectivity index (χ0n) is 13.2. The number of aromatic nitrogens is 1. The summed E-state index contributed by atoms with van der Waals surface area (Å²) in [6, 6.07) is 9.97. The van der Waals surface area contributed by atoms with Crippen molar-refractivity contribution < 1.29 is 9.59 Å². The van der Waals surface area contributed by atoms with Crippen molar-refractivity contribution in [2.45, 2.75) is 31.6 Å². The summed E-state index contributed by atoms with van der Waals surface area (Å²) in [4.78, 5) is 23.6. The first-order valence-electron chi connectivity index (χ1n) is 7.88. The number of benzene rings is 1. The Kier molecular flexibility index (Phi) is 4.19. The Morgan fingerprint density at radius 2 is 2.13 bits per heavy atom. The first-order chi connectivity index (χ1) is 11.0. The molecule has 5 heteroatoms. The molecule has 3 N–H and O–H groups in total. The first-order valence-corrected chi connectivity index (χ1v) is 7.88. The molecule has 0 fully saturated rings. The van der Waals surface area contributed by atoms with Crippen LogP contribution in [-0.4, -0.2) is 16.4 Å². The maximum atomic E-state index is 12.3. The highest BCUT2D eigenvalue weighted by molar-refractivity contribution is 5.96. The average Bonchev–Trinajstić information content (AvgIpc) is 2.88. The van der Waals surface area contributed by atoms with Crippen molar-refractivity contribution in [1.82, 2.24) is 4.57 Å². The lowest BCUT2D eigenvalue weighted by Gasteiger charge is -2.24. The predicted octanol–water partition coefficient (Wildman–Crippen LogP) is 2.57. The number of hydrogen-bond acceptors (Lipinski definition) is 2. The smallest absolute Gasteiger partial charge is 0.265 e. The summed E-state index contributed by atoms with van der Waals surface area (Å²) < 4.78 is 1.62. The third-order valence-electron chi connectivity index (χ3n) is 4.47. The average molecular weight is 311 g/mol. The van der Waals surface area contributed by atoms with E-state index < -0.39 is 5.91 Å². The normalized spacial score (nSPS) is 16.7. The second kappa shape index (κ2) is 6.28. The first kappa shape index (κ1) is 15.3. The molecule has 1 aromatic carbocycles. The zero-order chi connectivity index (χ0) is 16.4. The number of rotatable bonds is 4. The zero-order valence-corrected chi connectivity index (χ0v) is 13.2. The van der Waals surface area contributed by atoms with E-state index in [1.807, 2.05) is 6.07 Å². The summed E-state index contributed by atoms with van der Waals surface area (Å²) in [5.74, 6) is -0.276. The van der Waals surface area contributed by atoms with Crippen LogP contribution in [0.1, 0.15) is 46.8 Å². The summed E-state index contributed by atoms with van der Waals surface area (Å²) >= 11 is 0. The molecule has 0 spiro atoms. The fourth-order valence-corrected chi connectivity index (χ4v) is 3.38. The van der Waals surface area contributed by atoms with E-state index in [2.05, 4.69) is 23.5 Å². The van der Waals surface area contributed by atoms with Crippen molar-refractivity contribution in [3.8, 4) is 0 Å². The van der Waals surface area contributed by atoms with Gasteiger partial charge in [-0.1, -0.05) is 24.3 Å². The van der Waals surface area contributed by atoms with Crippen molar-refractivity contribution in [3.05, 3.63) is 53.3 Å². The monoisotopic (exact) mass is 311 g/mol. The Labute approximate surface area is 135 Å². The SMILES string of the molecule is Cn1cc(NC(=O)C[C@H]2CCCc3ccccc32)cc1C(N)=O. The van der Waals surface area contributed by atoms with Gasteiger partial charge in [0.25, 0.3) is 5.91 Å². The standard InChI is InChI=1S/C18H21N3O2/c1-21-11-14(10-16(21)18(19)23)20-17(22)9-13-7-4-6-12-5-2-3-8-15(12)13/h2-3,5,8,10-11,13H,4,6-7,9H2,1H3,(H2,19,23)(H,20,22)/t13-/m1/s1. The Balaban J connectivity index is 1.69. The maximum Gasteiger partial charge on any atom is 0.265 e. The van der Waals surface area contributed by atoms with Crippen LogP contribution in [0, 0.1) is 0 Å². The molecule has 1 aromatic heterocycles. The van der Waals surface area contributed by atoms with E-state index in [1.54, 1.807) is 23.9 Å². The second-order valence-corrected chi connectivity index (χ2v) is 6.13. The van der Waals surface area contributed by atoms with Gasteiger partial charge in [-0.05, 0) is 42.4 Å². The Bertz CT molecular complexity index is 748. The van der Waals surface area contributed by atoms with Crippen LogP contribution in [0.3, 0.4) is 0 Å². The second-order valence-electron chi connectivity index (χ2n) is 6.13. The van der Waals surface area contributed by atoms with E-state index in [4.69, 9.17) is 5.73 Å². The van der Waals surface area contributed by atoms with Crippen LogP contribution >= 0.6 is 0 Å². The highest BCUT2D eigenvalue weighted by Gasteiger charge is 2.22. The van der Waals surface area contributed by atoms with Gasteiger partial charge in [0, 0.05) is 19.7 Å². The van der Waals surface area contributed by atoms with Gasteiger partial charge in [-0.3, -0.25) is 9.59 Å². The van der Waals surface area contributed by atoms with Crippen LogP contribution in [-0.2, 0) is 18.3 Å². The van der Waals surface area contributed by atoms with Gasteiger partial charge in [0.1, 0.15) is 5.69 Å².